The SMILES string of the molecule is O=C(O)c1c[nH]c2nc(N3CCC(NC[C@H](O)[C@@H](O)[C@@H](O)CO)C3)c(F)cc2c1=O. The Labute approximate surface area is 169 Å². The average Bonchev–Trinajstić information content (AvgIpc) is 3.19. The van der Waals surface area contributed by atoms with E-state index in [1.54, 1.807) is 4.90 Å². The lowest BCUT2D eigenvalue weighted by atomic mass is 10.1. The number of carbonyl (C=O) groups is 1. The van der Waals surface area contributed by atoms with Crippen LogP contribution in [0.1, 0.15) is 16.8 Å². The van der Waals surface area contributed by atoms with Crippen LogP contribution in [-0.4, -0.2) is 92.1 Å². The number of carboxylic acid groups (broad SMARTS) is 1. The zero-order valence-corrected chi connectivity index (χ0v) is 15.8. The van der Waals surface area contributed by atoms with Gasteiger partial charge in [-0.25, -0.2) is 14.2 Å². The van der Waals surface area contributed by atoms with Crippen LogP contribution in [0, 0.1) is 5.82 Å². The van der Waals surface area contributed by atoms with E-state index >= 15 is 0 Å². The van der Waals surface area contributed by atoms with Crippen LogP contribution >= 0.6 is 0 Å². The topological polar surface area (TPSA) is 179 Å². The lowest BCUT2D eigenvalue weighted by Gasteiger charge is -2.24. The third-order valence-electron chi connectivity index (χ3n) is 5.11. The fourth-order valence-electron chi connectivity index (χ4n) is 3.39. The molecule has 11 nitrogen and oxygen atoms in total. The van der Waals surface area contributed by atoms with E-state index in [1.165, 1.54) is 0 Å². The molecule has 1 unspecified atom stereocenters. The Morgan fingerprint density at radius 3 is 2.77 bits per heavy atom. The molecule has 1 aliphatic rings. The fourth-order valence-corrected chi connectivity index (χ4v) is 3.39. The summed E-state index contributed by atoms with van der Waals surface area (Å²) < 4.78 is 14.6. The molecule has 0 spiro atoms. The largest absolute Gasteiger partial charge is 0.477 e. The number of aliphatic hydroxyl groups excluding tert-OH is 4. The van der Waals surface area contributed by atoms with Crippen molar-refractivity contribution in [2.24, 2.45) is 0 Å². The van der Waals surface area contributed by atoms with Gasteiger partial charge < -0.3 is 40.7 Å². The van der Waals surface area contributed by atoms with Crippen molar-refractivity contribution >= 4 is 22.8 Å². The number of aromatic nitrogens is 2. The van der Waals surface area contributed by atoms with Gasteiger partial charge in [0.15, 0.2) is 11.6 Å². The molecule has 4 atom stereocenters. The molecular weight excluding hydrogens is 403 g/mol. The Morgan fingerprint density at radius 1 is 1.37 bits per heavy atom. The van der Waals surface area contributed by atoms with Crippen molar-refractivity contribution < 1.29 is 34.7 Å². The molecule has 0 aromatic carbocycles. The second-order valence-corrected chi connectivity index (χ2v) is 7.17. The zero-order valence-electron chi connectivity index (χ0n) is 15.8. The monoisotopic (exact) mass is 426 g/mol. The van der Waals surface area contributed by atoms with Crippen LogP contribution in [0.3, 0.4) is 0 Å². The maximum absolute atomic E-state index is 14.6. The summed E-state index contributed by atoms with van der Waals surface area (Å²) >= 11 is 0. The molecular formula is C18H23FN4O7. The summed E-state index contributed by atoms with van der Waals surface area (Å²) in [4.78, 5) is 31.6. The van der Waals surface area contributed by atoms with Crippen LogP contribution in [0.2, 0.25) is 0 Å². The fraction of sp³-hybridized carbons (Fsp3) is 0.500. The van der Waals surface area contributed by atoms with Gasteiger partial charge in [-0.15, -0.1) is 0 Å². The summed E-state index contributed by atoms with van der Waals surface area (Å²) in [5, 5.41) is 49.6. The van der Waals surface area contributed by atoms with Crippen molar-refractivity contribution in [3.05, 3.63) is 33.9 Å². The van der Waals surface area contributed by atoms with E-state index in [-0.39, 0.29) is 29.4 Å². The lowest BCUT2D eigenvalue weighted by Crippen LogP contribution is -2.47. The van der Waals surface area contributed by atoms with Gasteiger partial charge >= 0.3 is 5.97 Å². The van der Waals surface area contributed by atoms with Crippen molar-refractivity contribution in [2.75, 3.05) is 31.1 Å². The summed E-state index contributed by atoms with van der Waals surface area (Å²) in [6.45, 7) is 0.0364. The molecule has 0 aliphatic carbocycles. The molecule has 3 rings (SSSR count). The molecule has 2 aromatic heterocycles. The van der Waals surface area contributed by atoms with Crippen molar-refractivity contribution in [1.82, 2.24) is 15.3 Å². The summed E-state index contributed by atoms with van der Waals surface area (Å²) in [6.07, 6.45) is -2.67. The number of hydrogen-bond donors (Lipinski definition) is 7. The highest BCUT2D eigenvalue weighted by Crippen LogP contribution is 2.24. The van der Waals surface area contributed by atoms with Gasteiger partial charge in [-0.1, -0.05) is 0 Å². The summed E-state index contributed by atoms with van der Waals surface area (Å²) in [5.41, 5.74) is -1.27. The number of fused-ring (bicyclic) bond motifs is 1. The number of H-pyrrole nitrogens is 1. The zero-order chi connectivity index (χ0) is 22.0. The maximum Gasteiger partial charge on any atom is 0.341 e. The molecule has 1 saturated heterocycles. The molecule has 0 radical (unpaired) electrons. The minimum Gasteiger partial charge on any atom is -0.477 e. The van der Waals surface area contributed by atoms with Crippen molar-refractivity contribution in [3.8, 4) is 0 Å². The van der Waals surface area contributed by atoms with Gasteiger partial charge in [-0.05, 0) is 12.5 Å². The predicted molar refractivity (Wildman–Crippen MR) is 103 cm³/mol. The molecule has 3 heterocycles. The molecule has 0 saturated carbocycles. The van der Waals surface area contributed by atoms with E-state index in [0.717, 1.165) is 12.3 Å². The lowest BCUT2D eigenvalue weighted by molar-refractivity contribution is -0.0754. The Kier molecular flexibility index (Phi) is 6.63. The average molecular weight is 426 g/mol. The standard InChI is InChI=1S/C18H23FN4O7/c19-11-3-9-14(27)10(18(29)30)4-21-16(9)22-17(11)23-2-1-8(6-23)20-5-12(25)15(28)13(26)7-24/h3-4,8,12-13,15,20,24-26,28H,1-2,5-7H2,(H,29,30)(H,21,22,27)/t8?,12-,13-,15+/m0/s1. The molecule has 0 bridgehead atoms. The number of aliphatic hydroxyl groups is 4. The summed E-state index contributed by atoms with van der Waals surface area (Å²) in [5.74, 6) is -2.19. The first-order chi connectivity index (χ1) is 14.2. The number of halogens is 1. The molecule has 164 valence electrons. The highest BCUT2D eigenvalue weighted by atomic mass is 19.1. The minimum atomic E-state index is -1.51. The number of nitrogens with zero attached hydrogens (tertiary/aromatic N) is 2. The Morgan fingerprint density at radius 2 is 2.10 bits per heavy atom. The van der Waals surface area contributed by atoms with Crippen LogP contribution < -0.4 is 15.6 Å². The number of nitrogens with one attached hydrogen (secondary N) is 2. The van der Waals surface area contributed by atoms with E-state index in [9.17, 15) is 29.3 Å². The Hall–Kier alpha value is -2.64. The predicted octanol–water partition coefficient (Wildman–Crippen LogP) is -2.00. The molecule has 0 amide bonds. The highest BCUT2D eigenvalue weighted by molar-refractivity contribution is 5.91. The van der Waals surface area contributed by atoms with Crippen LogP contribution in [-0.2, 0) is 0 Å². The van der Waals surface area contributed by atoms with Gasteiger partial charge in [0.05, 0.1) is 18.1 Å². The number of aromatic carboxylic acids is 1. The van der Waals surface area contributed by atoms with Gasteiger partial charge in [0.1, 0.15) is 23.4 Å². The van der Waals surface area contributed by atoms with E-state index in [4.69, 9.17) is 10.2 Å². The Balaban J connectivity index is 1.70. The smallest absolute Gasteiger partial charge is 0.341 e. The van der Waals surface area contributed by atoms with Gasteiger partial charge in [-0.3, -0.25) is 4.79 Å². The number of rotatable bonds is 8. The van der Waals surface area contributed by atoms with Crippen molar-refractivity contribution in [3.63, 3.8) is 0 Å². The summed E-state index contributed by atoms with van der Waals surface area (Å²) in [6, 6.07) is 0.795. The second-order valence-electron chi connectivity index (χ2n) is 7.17. The first-order valence-corrected chi connectivity index (χ1v) is 9.31. The van der Waals surface area contributed by atoms with Crippen LogP contribution in [0.5, 0.6) is 0 Å². The van der Waals surface area contributed by atoms with E-state index in [2.05, 4.69) is 15.3 Å². The van der Waals surface area contributed by atoms with Gasteiger partial charge in [0.25, 0.3) is 0 Å². The number of carboxylic acids is 1. The molecule has 1 aliphatic heterocycles. The van der Waals surface area contributed by atoms with E-state index in [1.807, 2.05) is 0 Å². The first kappa shape index (κ1) is 22.1. The van der Waals surface area contributed by atoms with E-state index < -0.39 is 47.7 Å². The molecule has 2 aromatic rings. The molecule has 30 heavy (non-hydrogen) atoms. The quantitative estimate of drug-likeness (QED) is 0.250. The maximum atomic E-state index is 14.6. The molecule has 1 fully saturated rings. The second kappa shape index (κ2) is 9.02. The molecule has 12 heteroatoms. The van der Waals surface area contributed by atoms with Crippen molar-refractivity contribution in [1.29, 1.82) is 0 Å². The highest BCUT2D eigenvalue weighted by Gasteiger charge is 2.29. The number of anilines is 1. The van der Waals surface area contributed by atoms with Crippen LogP contribution in [0.4, 0.5) is 10.2 Å². The third-order valence-corrected chi connectivity index (χ3v) is 5.11. The Bertz CT molecular complexity index is 985. The van der Waals surface area contributed by atoms with Gasteiger partial charge in [0.2, 0.25) is 5.43 Å². The molecule has 7 N–H and O–H groups in total. The van der Waals surface area contributed by atoms with Gasteiger partial charge in [0, 0.05) is 31.9 Å². The number of pyridine rings is 2. The number of aromatic amines is 1. The number of hydrogen-bond acceptors (Lipinski definition) is 9. The van der Waals surface area contributed by atoms with Crippen molar-refractivity contribution in [2.45, 2.75) is 30.8 Å². The third kappa shape index (κ3) is 4.42. The van der Waals surface area contributed by atoms with Crippen LogP contribution in [0.25, 0.3) is 11.0 Å². The van der Waals surface area contributed by atoms with Crippen LogP contribution in [0.15, 0.2) is 17.1 Å². The normalized spacial score (nSPS) is 19.8. The van der Waals surface area contributed by atoms with Gasteiger partial charge in [-0.2, -0.15) is 0 Å². The van der Waals surface area contributed by atoms with E-state index in [0.29, 0.717) is 19.5 Å². The first-order valence-electron chi connectivity index (χ1n) is 9.31. The minimum absolute atomic E-state index is 0.00168. The summed E-state index contributed by atoms with van der Waals surface area (Å²) in [7, 11) is 0.